The van der Waals surface area contributed by atoms with E-state index < -0.39 is 4.92 Å². The largest absolute Gasteiger partial charge is 0.360 e. The van der Waals surface area contributed by atoms with Crippen molar-refractivity contribution in [2.75, 3.05) is 26.2 Å². The molecule has 3 aromatic rings. The first-order chi connectivity index (χ1) is 13.9. The van der Waals surface area contributed by atoms with Crippen LogP contribution < -0.4 is 0 Å². The van der Waals surface area contributed by atoms with Gasteiger partial charge in [-0.05, 0) is 30.3 Å². The zero-order valence-electron chi connectivity index (χ0n) is 15.3. The fourth-order valence-electron chi connectivity index (χ4n) is 3.46. The zero-order valence-corrected chi connectivity index (χ0v) is 16.1. The molecule has 29 heavy (non-hydrogen) atoms. The van der Waals surface area contributed by atoms with E-state index >= 15 is 0 Å². The number of halogens is 1. The number of H-pyrrole nitrogens is 1. The van der Waals surface area contributed by atoms with E-state index in [1.165, 1.54) is 12.1 Å². The van der Waals surface area contributed by atoms with Gasteiger partial charge in [-0.25, -0.2) is 0 Å². The summed E-state index contributed by atoms with van der Waals surface area (Å²) in [7, 11) is 0. The van der Waals surface area contributed by atoms with E-state index in [-0.39, 0.29) is 17.5 Å². The molecule has 8 nitrogen and oxygen atoms in total. The molecule has 2 amide bonds. The molecule has 0 spiro atoms. The minimum absolute atomic E-state index is 0.0652. The van der Waals surface area contributed by atoms with Crippen LogP contribution in [0.2, 0.25) is 5.02 Å². The number of hydrogen-bond donors (Lipinski definition) is 1. The quantitative estimate of drug-likeness (QED) is 0.526. The van der Waals surface area contributed by atoms with E-state index in [2.05, 4.69) is 4.98 Å². The molecule has 9 heteroatoms. The number of hydrogen-bond acceptors (Lipinski definition) is 4. The monoisotopic (exact) mass is 412 g/mol. The Bertz CT molecular complexity index is 1100. The maximum atomic E-state index is 13.0. The van der Waals surface area contributed by atoms with Crippen LogP contribution in [0.3, 0.4) is 0 Å². The molecule has 0 unspecified atom stereocenters. The predicted octanol–water partition coefficient (Wildman–Crippen LogP) is 3.33. The van der Waals surface area contributed by atoms with E-state index in [4.69, 9.17) is 11.6 Å². The Balaban J connectivity index is 1.47. The molecule has 148 valence electrons. The molecule has 1 N–H and O–H groups in total. The van der Waals surface area contributed by atoms with Crippen LogP contribution >= 0.6 is 11.6 Å². The minimum atomic E-state index is -0.484. The number of fused-ring (bicyclic) bond motifs is 1. The number of nitro groups is 1. The summed E-state index contributed by atoms with van der Waals surface area (Å²) >= 11 is 5.86. The molecule has 0 saturated carbocycles. The van der Waals surface area contributed by atoms with Gasteiger partial charge in [0.2, 0.25) is 0 Å². The van der Waals surface area contributed by atoms with Crippen molar-refractivity contribution in [3.8, 4) is 0 Å². The molecule has 2 aromatic carbocycles. The molecule has 0 atom stereocenters. The number of non-ortho nitro benzene ring substituents is 1. The molecular formula is C20H17ClN4O4. The van der Waals surface area contributed by atoms with Crippen molar-refractivity contribution in [2.45, 2.75) is 0 Å². The molecular weight excluding hydrogens is 396 g/mol. The topological polar surface area (TPSA) is 99.6 Å². The Hall–Kier alpha value is -3.39. The fourth-order valence-corrected chi connectivity index (χ4v) is 3.58. The van der Waals surface area contributed by atoms with E-state index in [1.54, 1.807) is 46.3 Å². The molecule has 1 aliphatic heterocycles. The molecule has 2 heterocycles. The van der Waals surface area contributed by atoms with Gasteiger partial charge in [0.1, 0.15) is 0 Å². The number of carbonyl (C=O) groups excluding carboxylic acids is 2. The lowest BCUT2D eigenvalue weighted by Gasteiger charge is -2.34. The lowest BCUT2D eigenvalue weighted by Crippen LogP contribution is -2.50. The Labute approximate surface area is 170 Å². The maximum absolute atomic E-state index is 13.0. The summed E-state index contributed by atoms with van der Waals surface area (Å²) in [5.41, 5.74) is 1.54. The zero-order chi connectivity index (χ0) is 20.5. The Morgan fingerprint density at radius 2 is 1.59 bits per heavy atom. The van der Waals surface area contributed by atoms with Crippen LogP contribution in [0.4, 0.5) is 5.69 Å². The average molecular weight is 413 g/mol. The summed E-state index contributed by atoms with van der Waals surface area (Å²) in [5.74, 6) is -0.313. The molecule has 1 aliphatic rings. The van der Waals surface area contributed by atoms with Crippen LogP contribution in [-0.4, -0.2) is 57.7 Å². The molecule has 1 saturated heterocycles. The molecule has 4 rings (SSSR count). The van der Waals surface area contributed by atoms with Gasteiger partial charge >= 0.3 is 0 Å². The van der Waals surface area contributed by atoms with Crippen molar-refractivity contribution in [1.82, 2.24) is 14.8 Å². The first-order valence-corrected chi connectivity index (χ1v) is 9.41. The van der Waals surface area contributed by atoms with Crippen molar-refractivity contribution in [1.29, 1.82) is 0 Å². The number of rotatable bonds is 3. The van der Waals surface area contributed by atoms with Crippen molar-refractivity contribution in [3.63, 3.8) is 0 Å². The van der Waals surface area contributed by atoms with Gasteiger partial charge in [0, 0.05) is 66.0 Å². The molecule has 0 aliphatic carbocycles. The summed E-state index contributed by atoms with van der Waals surface area (Å²) in [6.45, 7) is 1.60. The van der Waals surface area contributed by atoms with Gasteiger partial charge in [0.15, 0.2) is 0 Å². The lowest BCUT2D eigenvalue weighted by atomic mass is 10.1. The summed E-state index contributed by atoms with van der Waals surface area (Å²) in [5, 5.41) is 12.1. The van der Waals surface area contributed by atoms with E-state index in [0.29, 0.717) is 53.2 Å². The number of piperazine rings is 1. The molecule has 1 aromatic heterocycles. The van der Waals surface area contributed by atoms with Gasteiger partial charge in [-0.1, -0.05) is 11.6 Å². The van der Waals surface area contributed by atoms with Gasteiger partial charge in [-0.3, -0.25) is 19.7 Å². The van der Waals surface area contributed by atoms with Crippen LogP contribution in [0.5, 0.6) is 0 Å². The van der Waals surface area contributed by atoms with Crippen molar-refractivity contribution < 1.29 is 14.5 Å². The van der Waals surface area contributed by atoms with Crippen LogP contribution in [0.15, 0.2) is 48.7 Å². The Morgan fingerprint density at radius 3 is 2.21 bits per heavy atom. The third-order valence-corrected chi connectivity index (χ3v) is 5.30. The summed E-state index contributed by atoms with van der Waals surface area (Å²) in [6, 6.07) is 11.1. The third kappa shape index (κ3) is 3.66. The fraction of sp³-hybridized carbons (Fsp3) is 0.200. The second-order valence-electron chi connectivity index (χ2n) is 6.78. The molecule has 0 bridgehead atoms. The molecule has 1 fully saturated rings. The second kappa shape index (κ2) is 7.56. The number of benzene rings is 2. The molecule has 0 radical (unpaired) electrons. The van der Waals surface area contributed by atoms with Crippen molar-refractivity contribution in [3.05, 3.63) is 74.9 Å². The van der Waals surface area contributed by atoms with Crippen molar-refractivity contribution in [2.24, 2.45) is 0 Å². The predicted molar refractivity (Wildman–Crippen MR) is 108 cm³/mol. The van der Waals surface area contributed by atoms with Gasteiger partial charge in [0.05, 0.1) is 10.5 Å². The van der Waals surface area contributed by atoms with E-state index in [9.17, 15) is 19.7 Å². The number of aromatic nitrogens is 1. The maximum Gasteiger partial charge on any atom is 0.270 e. The number of nitrogens with one attached hydrogen (secondary N) is 1. The highest BCUT2D eigenvalue weighted by Crippen LogP contribution is 2.25. The number of carbonyl (C=O) groups is 2. The standard InChI is InChI=1S/C20H17ClN4O4/c21-14-3-1-13(2-4-14)19(26)23-7-9-24(10-8-23)20(27)17-12-22-18-6-5-15(25(28)29)11-16(17)18/h1-6,11-12,22H,7-10H2. The Kier molecular flexibility index (Phi) is 4.94. The minimum Gasteiger partial charge on any atom is -0.360 e. The highest BCUT2D eigenvalue weighted by atomic mass is 35.5. The SMILES string of the molecule is O=C(c1ccc(Cl)cc1)N1CCN(C(=O)c2c[nH]c3ccc([N+](=O)[O-])cc23)CC1. The summed E-state index contributed by atoms with van der Waals surface area (Å²) in [6.07, 6.45) is 1.57. The van der Waals surface area contributed by atoms with E-state index in [0.717, 1.165) is 0 Å². The van der Waals surface area contributed by atoms with Crippen molar-refractivity contribution >= 4 is 40.0 Å². The van der Waals surface area contributed by atoms with E-state index in [1.807, 2.05) is 0 Å². The van der Waals surface area contributed by atoms with Crippen LogP contribution in [-0.2, 0) is 0 Å². The van der Waals surface area contributed by atoms with Gasteiger partial charge in [-0.15, -0.1) is 0 Å². The second-order valence-corrected chi connectivity index (χ2v) is 7.22. The normalized spacial score (nSPS) is 14.2. The number of nitro benzene ring substituents is 1. The van der Waals surface area contributed by atoms with Gasteiger partial charge in [-0.2, -0.15) is 0 Å². The van der Waals surface area contributed by atoms with Gasteiger partial charge in [0.25, 0.3) is 17.5 Å². The number of amides is 2. The van der Waals surface area contributed by atoms with Crippen LogP contribution in [0.25, 0.3) is 10.9 Å². The van der Waals surface area contributed by atoms with Gasteiger partial charge < -0.3 is 14.8 Å². The lowest BCUT2D eigenvalue weighted by molar-refractivity contribution is -0.384. The number of nitrogens with zero attached hydrogens (tertiary/aromatic N) is 3. The first-order valence-electron chi connectivity index (χ1n) is 9.03. The summed E-state index contributed by atoms with van der Waals surface area (Å²) in [4.78, 5) is 42.5. The highest BCUT2D eigenvalue weighted by molar-refractivity contribution is 6.30. The first kappa shape index (κ1) is 18.9. The van der Waals surface area contributed by atoms with Crippen LogP contribution in [0, 0.1) is 10.1 Å². The van der Waals surface area contributed by atoms with Crippen LogP contribution in [0.1, 0.15) is 20.7 Å². The third-order valence-electron chi connectivity index (χ3n) is 5.05. The smallest absolute Gasteiger partial charge is 0.270 e. The summed E-state index contributed by atoms with van der Waals surface area (Å²) < 4.78 is 0. The number of aromatic amines is 1. The average Bonchev–Trinajstić information content (AvgIpc) is 3.16. The Morgan fingerprint density at radius 1 is 0.966 bits per heavy atom. The highest BCUT2D eigenvalue weighted by Gasteiger charge is 2.27.